The van der Waals surface area contributed by atoms with E-state index in [2.05, 4.69) is 21.9 Å². The summed E-state index contributed by atoms with van der Waals surface area (Å²) in [7, 11) is 0. The highest BCUT2D eigenvalue weighted by molar-refractivity contribution is 6.38. The molecule has 4 rings (SSSR count). The third-order valence-corrected chi connectivity index (χ3v) is 4.20. The zero-order chi connectivity index (χ0) is 16.5. The Morgan fingerprint density at radius 2 is 1.50 bits per heavy atom. The molecule has 0 aliphatic rings. The minimum Gasteiger partial charge on any atom is -0.238 e. The second-order valence-corrected chi connectivity index (χ2v) is 5.65. The highest BCUT2D eigenvalue weighted by Gasteiger charge is 2.20. The zero-order valence-electron chi connectivity index (χ0n) is 12.7. The van der Waals surface area contributed by atoms with Gasteiger partial charge in [-0.15, -0.1) is 15.3 Å². The normalized spacial score (nSPS) is 10.9. The highest BCUT2D eigenvalue weighted by Crippen LogP contribution is 2.37. The quantitative estimate of drug-likeness (QED) is 0.535. The largest absolute Gasteiger partial charge is 0.238 e. The summed E-state index contributed by atoms with van der Waals surface area (Å²) >= 11 is 6.71. The summed E-state index contributed by atoms with van der Waals surface area (Å²) in [6.45, 7) is 3.83. The molecule has 2 aromatic heterocycles. The fourth-order valence-electron chi connectivity index (χ4n) is 2.74. The molecule has 0 saturated heterocycles. The number of halogens is 1. The molecular weight excluding hydrogens is 320 g/mol. The van der Waals surface area contributed by atoms with Gasteiger partial charge in [-0.25, -0.2) is 4.68 Å². The molecule has 5 heteroatoms. The fourth-order valence-corrected chi connectivity index (χ4v) is 3.06. The fraction of sp³-hybridized carbons (Fsp3) is 0. The van der Waals surface area contributed by atoms with E-state index in [0.717, 1.165) is 22.2 Å². The van der Waals surface area contributed by atoms with Crippen LogP contribution in [0.4, 0.5) is 0 Å². The van der Waals surface area contributed by atoms with E-state index in [9.17, 15) is 0 Å². The number of benzene rings is 2. The van der Waals surface area contributed by atoms with Gasteiger partial charge < -0.3 is 0 Å². The van der Waals surface area contributed by atoms with Crippen molar-refractivity contribution >= 4 is 28.8 Å². The maximum Gasteiger partial charge on any atom is 0.205 e. The van der Waals surface area contributed by atoms with Crippen LogP contribution in [0.2, 0.25) is 5.02 Å². The van der Waals surface area contributed by atoms with E-state index >= 15 is 0 Å². The van der Waals surface area contributed by atoms with E-state index in [1.807, 2.05) is 60.7 Å². The van der Waals surface area contributed by atoms with Crippen LogP contribution < -0.4 is 0 Å². The van der Waals surface area contributed by atoms with Gasteiger partial charge in [0.1, 0.15) is 5.69 Å². The predicted molar refractivity (Wildman–Crippen MR) is 97.6 cm³/mol. The molecule has 0 aliphatic carbocycles. The van der Waals surface area contributed by atoms with Crippen molar-refractivity contribution in [3.8, 4) is 22.5 Å². The van der Waals surface area contributed by atoms with Gasteiger partial charge in [-0.05, 0) is 0 Å². The summed E-state index contributed by atoms with van der Waals surface area (Å²) in [6, 6.07) is 19.7. The SMILES string of the molecule is C=Cn1nc2nnc(-c3ccccc3)c(Cl)c2c1-c1ccccc1. The van der Waals surface area contributed by atoms with Crippen molar-refractivity contribution in [3.63, 3.8) is 0 Å². The number of aromatic nitrogens is 4. The lowest BCUT2D eigenvalue weighted by molar-refractivity contribution is 0.937. The van der Waals surface area contributed by atoms with Crippen LogP contribution in [0.5, 0.6) is 0 Å². The second kappa shape index (κ2) is 5.91. The lowest BCUT2D eigenvalue weighted by Crippen LogP contribution is -1.91. The van der Waals surface area contributed by atoms with Gasteiger partial charge in [0.2, 0.25) is 5.65 Å². The molecule has 2 heterocycles. The topological polar surface area (TPSA) is 43.6 Å². The number of nitrogens with zero attached hydrogens (tertiary/aromatic N) is 4. The Morgan fingerprint density at radius 1 is 0.875 bits per heavy atom. The molecular formula is C19H13ClN4. The predicted octanol–water partition coefficient (Wildman–Crippen LogP) is 4.91. The molecule has 4 nitrogen and oxygen atoms in total. The van der Waals surface area contributed by atoms with Crippen molar-refractivity contribution < 1.29 is 0 Å². The highest BCUT2D eigenvalue weighted by atomic mass is 35.5. The van der Waals surface area contributed by atoms with E-state index in [1.54, 1.807) is 10.9 Å². The van der Waals surface area contributed by atoms with Gasteiger partial charge in [0.15, 0.2) is 0 Å². The molecule has 24 heavy (non-hydrogen) atoms. The number of hydrogen-bond acceptors (Lipinski definition) is 3. The van der Waals surface area contributed by atoms with Crippen molar-refractivity contribution in [1.82, 2.24) is 20.0 Å². The number of hydrogen-bond donors (Lipinski definition) is 0. The van der Waals surface area contributed by atoms with Gasteiger partial charge in [0, 0.05) is 17.3 Å². The summed E-state index contributed by atoms with van der Waals surface area (Å²) in [5.74, 6) is 0. The molecule has 0 bridgehead atoms. The average Bonchev–Trinajstić information content (AvgIpc) is 3.03. The van der Waals surface area contributed by atoms with Crippen LogP contribution in [0.1, 0.15) is 0 Å². The maximum absolute atomic E-state index is 6.71. The van der Waals surface area contributed by atoms with Gasteiger partial charge in [-0.2, -0.15) is 0 Å². The van der Waals surface area contributed by atoms with Crippen LogP contribution in [0.25, 0.3) is 39.7 Å². The molecule has 0 aliphatic heterocycles. The van der Waals surface area contributed by atoms with E-state index in [1.165, 1.54) is 0 Å². The van der Waals surface area contributed by atoms with Crippen LogP contribution in [0.15, 0.2) is 67.2 Å². The Kier molecular flexibility index (Phi) is 3.59. The van der Waals surface area contributed by atoms with Crippen LogP contribution in [-0.4, -0.2) is 20.0 Å². The molecule has 0 amide bonds. The Hall–Kier alpha value is -2.98. The van der Waals surface area contributed by atoms with E-state index in [0.29, 0.717) is 16.4 Å². The first kappa shape index (κ1) is 14.6. The van der Waals surface area contributed by atoms with Crippen molar-refractivity contribution in [2.75, 3.05) is 0 Å². The minimum absolute atomic E-state index is 0.499. The van der Waals surface area contributed by atoms with Crippen molar-refractivity contribution in [2.45, 2.75) is 0 Å². The number of rotatable bonds is 3. The van der Waals surface area contributed by atoms with Gasteiger partial charge in [0.05, 0.1) is 16.1 Å². The minimum atomic E-state index is 0.499. The van der Waals surface area contributed by atoms with E-state index in [4.69, 9.17) is 11.6 Å². The van der Waals surface area contributed by atoms with Crippen molar-refractivity contribution in [1.29, 1.82) is 0 Å². The Balaban J connectivity index is 2.06. The van der Waals surface area contributed by atoms with Gasteiger partial charge >= 0.3 is 0 Å². The van der Waals surface area contributed by atoms with Gasteiger partial charge in [-0.1, -0.05) is 78.8 Å². The van der Waals surface area contributed by atoms with Gasteiger partial charge in [0.25, 0.3) is 0 Å². The Bertz CT molecular complexity index is 1020. The molecule has 0 fully saturated rings. The molecule has 0 saturated carbocycles. The first-order chi connectivity index (χ1) is 11.8. The molecule has 0 unspecified atom stereocenters. The monoisotopic (exact) mass is 332 g/mol. The summed E-state index contributed by atoms with van der Waals surface area (Å²) in [4.78, 5) is 0. The third kappa shape index (κ3) is 2.28. The molecule has 0 N–H and O–H groups in total. The molecule has 0 spiro atoms. The Morgan fingerprint density at radius 3 is 2.12 bits per heavy atom. The molecule has 4 aromatic rings. The summed E-state index contributed by atoms with van der Waals surface area (Å²) in [5.41, 5.74) is 3.91. The molecule has 2 aromatic carbocycles. The number of fused-ring (bicyclic) bond motifs is 1. The van der Waals surface area contributed by atoms with Crippen LogP contribution in [0.3, 0.4) is 0 Å². The van der Waals surface area contributed by atoms with Crippen molar-refractivity contribution in [3.05, 3.63) is 72.3 Å². The zero-order valence-corrected chi connectivity index (χ0v) is 13.5. The van der Waals surface area contributed by atoms with E-state index < -0.39 is 0 Å². The van der Waals surface area contributed by atoms with E-state index in [-0.39, 0.29) is 0 Å². The lowest BCUT2D eigenvalue weighted by Gasteiger charge is -2.06. The van der Waals surface area contributed by atoms with Crippen LogP contribution in [0, 0.1) is 0 Å². The standard InChI is InChI=1S/C19H13ClN4/c1-2-24-18(14-11-7-4-8-12-14)15-16(20)17(21-22-19(15)23-24)13-9-5-3-6-10-13/h2-12H,1H2. The van der Waals surface area contributed by atoms with Crippen molar-refractivity contribution in [2.24, 2.45) is 0 Å². The molecule has 0 radical (unpaired) electrons. The first-order valence-electron chi connectivity index (χ1n) is 7.47. The summed E-state index contributed by atoms with van der Waals surface area (Å²) in [6.07, 6.45) is 1.64. The maximum atomic E-state index is 6.71. The molecule has 0 atom stereocenters. The lowest BCUT2D eigenvalue weighted by atomic mass is 10.1. The van der Waals surface area contributed by atoms with Crippen LogP contribution >= 0.6 is 11.6 Å². The van der Waals surface area contributed by atoms with Crippen LogP contribution in [-0.2, 0) is 0 Å². The third-order valence-electron chi connectivity index (χ3n) is 3.83. The molecule has 116 valence electrons. The van der Waals surface area contributed by atoms with Gasteiger partial charge in [-0.3, -0.25) is 0 Å². The first-order valence-corrected chi connectivity index (χ1v) is 7.85. The average molecular weight is 333 g/mol. The second-order valence-electron chi connectivity index (χ2n) is 5.27. The summed E-state index contributed by atoms with van der Waals surface area (Å²) < 4.78 is 1.69. The Labute approximate surface area is 144 Å². The smallest absolute Gasteiger partial charge is 0.205 e. The summed E-state index contributed by atoms with van der Waals surface area (Å²) in [5, 5.41) is 14.3.